The van der Waals surface area contributed by atoms with Crippen LogP contribution in [0.3, 0.4) is 0 Å². The summed E-state index contributed by atoms with van der Waals surface area (Å²) < 4.78 is 5.96. The molecule has 0 bridgehead atoms. The minimum atomic E-state index is -1.39. The van der Waals surface area contributed by atoms with Gasteiger partial charge >= 0.3 is 11.9 Å². The number of hydrogen-bond acceptors (Lipinski definition) is 6. The number of unbranched alkanes of at least 4 members (excludes halogenated alkanes) is 12. The Morgan fingerprint density at radius 3 is 1.54 bits per heavy atom. The number of aliphatic hydroxyl groups is 1. The normalized spacial score (nSPS) is 13.2. The number of carboxylic acid groups (broad SMARTS) is 1. The van der Waals surface area contributed by atoms with Gasteiger partial charge in [-0.15, -0.1) is 0 Å². The molecule has 4 N–H and O–H groups in total. The van der Waals surface area contributed by atoms with E-state index in [1.54, 1.807) is 0 Å². The third-order valence-electron chi connectivity index (χ3n) is 9.22. The molecule has 0 aromatic heterocycles. The highest BCUT2D eigenvalue weighted by Crippen LogP contribution is 2.18. The maximum absolute atomic E-state index is 12.7. The van der Waals surface area contributed by atoms with Gasteiger partial charge in [0.15, 0.2) is 0 Å². The van der Waals surface area contributed by atoms with Crippen LogP contribution in [-0.2, 0) is 23.9 Å². The van der Waals surface area contributed by atoms with Gasteiger partial charge < -0.3 is 25.6 Å². The lowest BCUT2D eigenvalue weighted by molar-refractivity contribution is -0.150. The zero-order valence-electron chi connectivity index (χ0n) is 35.1. The van der Waals surface area contributed by atoms with Crippen LogP contribution in [0.4, 0.5) is 0 Å². The largest absolute Gasteiger partial charge is 0.480 e. The van der Waals surface area contributed by atoms with Crippen molar-refractivity contribution < 1.29 is 34.1 Å². The molecule has 0 aliphatic carbocycles. The van der Waals surface area contributed by atoms with Crippen LogP contribution in [0.2, 0.25) is 0 Å². The lowest BCUT2D eigenvalue weighted by Crippen LogP contribution is -2.47. The Labute approximate surface area is 340 Å². The fourth-order valence-corrected chi connectivity index (χ4v) is 5.89. The van der Waals surface area contributed by atoms with Gasteiger partial charge in [-0.25, -0.2) is 4.79 Å². The summed E-state index contributed by atoms with van der Waals surface area (Å²) in [6, 6.07) is -1.39. The number of hydrogen-bond donors (Lipinski definition) is 4. The lowest BCUT2D eigenvalue weighted by Gasteiger charge is -2.18. The Morgan fingerprint density at radius 2 is 1.02 bits per heavy atom. The number of esters is 1. The molecule has 0 aliphatic heterocycles. The summed E-state index contributed by atoms with van der Waals surface area (Å²) in [6.07, 6.45) is 50.8. The van der Waals surface area contributed by atoms with Gasteiger partial charge in [0.25, 0.3) is 0 Å². The first-order valence-corrected chi connectivity index (χ1v) is 21.8. The number of carboxylic acids is 1. The second-order valence-electron chi connectivity index (χ2n) is 14.4. The Hall–Kier alpha value is -3.72. The molecular weight excluding hydrogens is 705 g/mol. The summed E-state index contributed by atoms with van der Waals surface area (Å²) >= 11 is 0. The van der Waals surface area contributed by atoms with Crippen LogP contribution in [0.25, 0.3) is 0 Å². The molecule has 9 nitrogen and oxygen atoms in total. The average molecular weight is 783 g/mol. The molecule has 2 amide bonds. The molecule has 318 valence electrons. The van der Waals surface area contributed by atoms with Crippen LogP contribution in [0, 0.1) is 0 Å². The minimum Gasteiger partial charge on any atom is -0.480 e. The molecule has 2 unspecified atom stereocenters. The first-order valence-electron chi connectivity index (χ1n) is 21.8. The van der Waals surface area contributed by atoms with E-state index in [0.717, 1.165) is 116 Å². The highest BCUT2D eigenvalue weighted by molar-refractivity contribution is 5.87. The average Bonchev–Trinajstić information content (AvgIpc) is 3.18. The summed E-state index contributed by atoms with van der Waals surface area (Å²) in [6.45, 7) is 3.31. The Morgan fingerprint density at radius 1 is 0.554 bits per heavy atom. The summed E-state index contributed by atoms with van der Waals surface area (Å²) in [5, 5.41) is 22.5. The van der Waals surface area contributed by atoms with Gasteiger partial charge in [0.1, 0.15) is 12.1 Å². The molecular formula is C47H78N2O7. The predicted octanol–water partition coefficient (Wildman–Crippen LogP) is 10.7. The lowest BCUT2D eigenvalue weighted by atomic mass is 10.0. The molecule has 0 heterocycles. The third-order valence-corrected chi connectivity index (χ3v) is 9.22. The Bertz CT molecular complexity index is 1170. The molecule has 0 saturated heterocycles. The Kier molecular flexibility index (Phi) is 38.2. The van der Waals surface area contributed by atoms with Crippen molar-refractivity contribution in [2.45, 2.75) is 187 Å². The zero-order chi connectivity index (χ0) is 41.2. The van der Waals surface area contributed by atoms with Crippen molar-refractivity contribution in [2.24, 2.45) is 0 Å². The van der Waals surface area contributed by atoms with Gasteiger partial charge in [0.05, 0.1) is 13.2 Å². The smallest absolute Gasteiger partial charge is 0.328 e. The first kappa shape index (κ1) is 52.3. The van der Waals surface area contributed by atoms with Crippen LogP contribution >= 0.6 is 0 Å². The van der Waals surface area contributed by atoms with Crippen molar-refractivity contribution in [1.82, 2.24) is 10.6 Å². The third kappa shape index (κ3) is 37.2. The summed E-state index contributed by atoms with van der Waals surface area (Å²) in [5.41, 5.74) is 0. The second kappa shape index (κ2) is 40.9. The molecule has 0 spiro atoms. The summed E-state index contributed by atoms with van der Waals surface area (Å²) in [5.74, 6) is -2.37. The van der Waals surface area contributed by atoms with Gasteiger partial charge in [-0.2, -0.15) is 0 Å². The van der Waals surface area contributed by atoms with Crippen molar-refractivity contribution in [3.05, 3.63) is 72.9 Å². The Balaban J connectivity index is 4.15. The number of nitrogens with one attached hydrogen (secondary N) is 2. The predicted molar refractivity (Wildman–Crippen MR) is 231 cm³/mol. The first-order chi connectivity index (χ1) is 27.3. The number of rotatable bonds is 38. The van der Waals surface area contributed by atoms with E-state index in [1.807, 2.05) is 0 Å². The molecule has 0 saturated carbocycles. The number of allylic oxidation sites excluding steroid dienone is 12. The molecule has 0 radical (unpaired) electrons. The van der Waals surface area contributed by atoms with Gasteiger partial charge in [0, 0.05) is 12.8 Å². The van der Waals surface area contributed by atoms with E-state index in [9.17, 15) is 19.2 Å². The van der Waals surface area contributed by atoms with Crippen molar-refractivity contribution in [1.29, 1.82) is 0 Å². The molecule has 0 rings (SSSR count). The highest BCUT2D eigenvalue weighted by atomic mass is 16.5. The number of carbonyl (C=O) groups is 4. The number of amides is 2. The van der Waals surface area contributed by atoms with Crippen molar-refractivity contribution in [3.8, 4) is 0 Å². The van der Waals surface area contributed by atoms with Crippen LogP contribution in [0.1, 0.15) is 174 Å². The van der Waals surface area contributed by atoms with Crippen molar-refractivity contribution in [3.63, 3.8) is 0 Å². The monoisotopic (exact) mass is 783 g/mol. The number of carbonyl (C=O) groups excluding carboxylic acids is 3. The van der Waals surface area contributed by atoms with E-state index in [-0.39, 0.29) is 30.9 Å². The van der Waals surface area contributed by atoms with E-state index in [0.29, 0.717) is 12.8 Å². The van der Waals surface area contributed by atoms with Gasteiger partial charge in [-0.1, -0.05) is 145 Å². The van der Waals surface area contributed by atoms with E-state index in [2.05, 4.69) is 97.4 Å². The van der Waals surface area contributed by atoms with Crippen LogP contribution in [0.15, 0.2) is 72.9 Å². The maximum atomic E-state index is 12.7. The molecule has 0 fully saturated rings. The van der Waals surface area contributed by atoms with E-state index < -0.39 is 24.5 Å². The highest BCUT2D eigenvalue weighted by Gasteiger charge is 2.19. The van der Waals surface area contributed by atoms with Crippen LogP contribution in [0.5, 0.6) is 0 Å². The van der Waals surface area contributed by atoms with E-state index in [4.69, 9.17) is 14.9 Å². The SMILES string of the molecule is CC/C=C\C/C=C\C/C=C\C/C=C\C/C=C\C/C=C\CCCCCCC(=O)OC(CCCCCCCC)CCCCCCC(=O)NCC(=O)NC(CO)C(=O)O. The molecule has 9 heteroatoms. The summed E-state index contributed by atoms with van der Waals surface area (Å²) in [7, 11) is 0. The van der Waals surface area contributed by atoms with E-state index >= 15 is 0 Å². The number of aliphatic hydroxyl groups excluding tert-OH is 1. The van der Waals surface area contributed by atoms with Gasteiger partial charge in [-0.3, -0.25) is 14.4 Å². The summed E-state index contributed by atoms with van der Waals surface area (Å²) in [4.78, 5) is 47.5. The molecule has 0 aromatic rings. The standard InChI is InChI=1S/C47H78N2O7/c1-3-5-7-9-11-12-13-14-15-16-17-18-19-20-21-22-23-24-25-26-27-29-35-39-46(53)56-42(36-32-28-10-8-6-4-2)37-33-30-31-34-38-44(51)48-40-45(52)49-43(41-50)47(54)55/h5,7,11-12,14-15,17-18,20-21,23-24,42-43,50H,3-4,6,8-10,13,16,19,22,25-41H2,1-2H3,(H,48,51)(H,49,52)(H,54,55)/b7-5-,12-11-,15-14-,18-17-,21-20-,24-23-. The van der Waals surface area contributed by atoms with Gasteiger partial charge in [0.2, 0.25) is 11.8 Å². The topological polar surface area (TPSA) is 142 Å². The zero-order valence-corrected chi connectivity index (χ0v) is 35.1. The maximum Gasteiger partial charge on any atom is 0.328 e. The van der Waals surface area contributed by atoms with Crippen LogP contribution < -0.4 is 10.6 Å². The second-order valence-corrected chi connectivity index (χ2v) is 14.4. The van der Waals surface area contributed by atoms with Crippen LogP contribution in [-0.4, -0.2) is 59.3 Å². The quantitative estimate of drug-likeness (QED) is 0.0277. The fraction of sp³-hybridized carbons (Fsp3) is 0.660. The number of aliphatic carboxylic acids is 1. The number of ether oxygens (including phenoxy) is 1. The van der Waals surface area contributed by atoms with Crippen molar-refractivity contribution >= 4 is 23.8 Å². The fourth-order valence-electron chi connectivity index (χ4n) is 5.89. The van der Waals surface area contributed by atoms with E-state index in [1.165, 1.54) is 25.7 Å². The molecule has 0 aromatic carbocycles. The van der Waals surface area contributed by atoms with Gasteiger partial charge in [-0.05, 0) is 89.9 Å². The minimum absolute atomic E-state index is 0.0582. The molecule has 56 heavy (non-hydrogen) atoms. The van der Waals surface area contributed by atoms with Crippen molar-refractivity contribution in [2.75, 3.05) is 13.2 Å². The molecule has 0 aliphatic rings. The molecule has 2 atom stereocenters.